The summed E-state index contributed by atoms with van der Waals surface area (Å²) in [5, 5.41) is 19.4. The number of nitrogens with two attached hydrogens (primary N) is 1. The summed E-state index contributed by atoms with van der Waals surface area (Å²) in [7, 11) is 0. The smallest absolute Gasteiger partial charge is 0.280 e. The normalized spacial score (nSPS) is 27.3. The third kappa shape index (κ3) is 1.65. The summed E-state index contributed by atoms with van der Waals surface area (Å²) in [4.78, 5) is 22.1. The summed E-state index contributed by atoms with van der Waals surface area (Å²) in [6, 6.07) is -0.358. The molecule has 0 radical (unpaired) electrons. The summed E-state index contributed by atoms with van der Waals surface area (Å²) in [6.07, 6.45) is -0.136. The molecule has 0 spiro atoms. The number of H-pyrrole nitrogens is 1. The minimum absolute atomic E-state index is 0.0102. The first-order valence-electron chi connectivity index (χ1n) is 5.76. The molecule has 0 aliphatic heterocycles. The molecule has 0 amide bonds. The van der Waals surface area contributed by atoms with E-state index in [2.05, 4.69) is 21.5 Å². The van der Waals surface area contributed by atoms with Crippen LogP contribution in [0.1, 0.15) is 12.5 Å². The van der Waals surface area contributed by atoms with Crippen LogP contribution in [0.3, 0.4) is 0 Å². The molecule has 5 N–H and O–H groups in total. The van der Waals surface area contributed by atoms with Gasteiger partial charge in [-0.2, -0.15) is 4.98 Å². The predicted octanol–water partition coefficient (Wildman–Crippen LogP) is -1.08. The molecule has 2 aromatic heterocycles. The van der Waals surface area contributed by atoms with Crippen molar-refractivity contribution in [3.8, 4) is 0 Å². The van der Waals surface area contributed by atoms with Gasteiger partial charge in [0.2, 0.25) is 5.95 Å². The van der Waals surface area contributed by atoms with Crippen LogP contribution in [-0.4, -0.2) is 41.9 Å². The zero-order chi connectivity index (χ0) is 13.7. The standard InChI is InChI=1S/C11H13N5O3/c1-4-5(2-6(17)8(4)18)16-3-13-7-9(16)14-11(12)15-10(7)19/h3,5-6,8,17-18H,1-2H2,(H3,12,14,15,19)/t5-,6-,8-/m0/s1. The highest BCUT2D eigenvalue weighted by Crippen LogP contribution is 2.35. The van der Waals surface area contributed by atoms with Crippen molar-refractivity contribution in [3.63, 3.8) is 0 Å². The van der Waals surface area contributed by atoms with Gasteiger partial charge in [0.05, 0.1) is 18.5 Å². The predicted molar refractivity (Wildman–Crippen MR) is 67.4 cm³/mol. The molecule has 3 atom stereocenters. The van der Waals surface area contributed by atoms with Gasteiger partial charge in [0.25, 0.3) is 5.56 Å². The second kappa shape index (κ2) is 3.90. The van der Waals surface area contributed by atoms with Crippen LogP contribution in [0.25, 0.3) is 11.2 Å². The number of fused-ring (bicyclic) bond motifs is 1. The number of rotatable bonds is 1. The molecule has 0 aromatic carbocycles. The first kappa shape index (κ1) is 11.9. The number of hydrogen-bond donors (Lipinski definition) is 4. The molecular weight excluding hydrogens is 250 g/mol. The fourth-order valence-corrected chi connectivity index (χ4v) is 2.42. The van der Waals surface area contributed by atoms with E-state index in [1.807, 2.05) is 0 Å². The quantitative estimate of drug-likeness (QED) is 0.484. The fraction of sp³-hybridized carbons (Fsp3) is 0.364. The number of aromatic amines is 1. The number of aliphatic hydroxyl groups is 2. The van der Waals surface area contributed by atoms with Gasteiger partial charge in [-0.25, -0.2) is 4.98 Å². The zero-order valence-corrected chi connectivity index (χ0v) is 9.95. The average molecular weight is 263 g/mol. The van der Waals surface area contributed by atoms with Crippen LogP contribution < -0.4 is 11.3 Å². The lowest BCUT2D eigenvalue weighted by atomic mass is 10.1. The van der Waals surface area contributed by atoms with Gasteiger partial charge in [-0.15, -0.1) is 0 Å². The lowest BCUT2D eigenvalue weighted by Crippen LogP contribution is -2.19. The average Bonchev–Trinajstić information content (AvgIpc) is 2.86. The molecular formula is C11H13N5O3. The van der Waals surface area contributed by atoms with Crippen molar-refractivity contribution in [2.75, 3.05) is 5.73 Å². The van der Waals surface area contributed by atoms with Crippen molar-refractivity contribution in [1.82, 2.24) is 19.5 Å². The number of nitrogen functional groups attached to an aromatic ring is 1. The molecule has 1 aliphatic rings. The SMILES string of the molecule is C=C1[C@H](O)[C@@H](O)C[C@@H]1n1cnc2c(=O)[nH]c(N)nc21. The number of nitrogens with zero attached hydrogens (tertiary/aromatic N) is 3. The summed E-state index contributed by atoms with van der Waals surface area (Å²) in [5.41, 5.74) is 6.03. The number of aliphatic hydroxyl groups excluding tert-OH is 2. The Balaban J connectivity index is 2.17. The van der Waals surface area contributed by atoms with Crippen LogP contribution in [0.15, 0.2) is 23.3 Å². The number of anilines is 1. The van der Waals surface area contributed by atoms with Gasteiger partial charge >= 0.3 is 0 Å². The Labute approximate surface area is 107 Å². The van der Waals surface area contributed by atoms with Gasteiger partial charge in [0.1, 0.15) is 6.10 Å². The largest absolute Gasteiger partial charge is 0.390 e. The molecule has 2 heterocycles. The van der Waals surface area contributed by atoms with E-state index in [4.69, 9.17) is 5.73 Å². The Kier molecular flexibility index (Phi) is 2.44. The maximum atomic E-state index is 11.7. The minimum atomic E-state index is -0.984. The van der Waals surface area contributed by atoms with E-state index in [1.54, 1.807) is 4.57 Å². The monoisotopic (exact) mass is 263 g/mol. The Morgan fingerprint density at radius 2 is 2.26 bits per heavy atom. The van der Waals surface area contributed by atoms with Crippen LogP contribution in [0, 0.1) is 0 Å². The first-order valence-corrected chi connectivity index (χ1v) is 5.76. The third-order valence-electron chi connectivity index (χ3n) is 3.42. The van der Waals surface area contributed by atoms with Crippen molar-refractivity contribution in [2.45, 2.75) is 24.7 Å². The summed E-state index contributed by atoms with van der Waals surface area (Å²) < 4.78 is 1.60. The van der Waals surface area contributed by atoms with Crippen molar-refractivity contribution in [2.24, 2.45) is 0 Å². The van der Waals surface area contributed by atoms with E-state index in [9.17, 15) is 15.0 Å². The molecule has 0 saturated heterocycles. The second-order valence-electron chi connectivity index (χ2n) is 4.61. The van der Waals surface area contributed by atoms with Gasteiger partial charge in [-0.05, 0) is 5.57 Å². The van der Waals surface area contributed by atoms with Gasteiger partial charge in [-0.3, -0.25) is 9.78 Å². The highest BCUT2D eigenvalue weighted by Gasteiger charge is 2.37. The lowest BCUT2D eigenvalue weighted by Gasteiger charge is -2.13. The Morgan fingerprint density at radius 1 is 1.53 bits per heavy atom. The molecule has 1 fully saturated rings. The molecule has 19 heavy (non-hydrogen) atoms. The van der Waals surface area contributed by atoms with E-state index < -0.39 is 17.8 Å². The van der Waals surface area contributed by atoms with Crippen LogP contribution in [0.4, 0.5) is 5.95 Å². The van der Waals surface area contributed by atoms with Crippen LogP contribution in [-0.2, 0) is 0 Å². The fourth-order valence-electron chi connectivity index (χ4n) is 2.42. The highest BCUT2D eigenvalue weighted by atomic mass is 16.3. The van der Waals surface area contributed by atoms with Crippen molar-refractivity contribution in [1.29, 1.82) is 0 Å². The molecule has 2 aromatic rings. The van der Waals surface area contributed by atoms with E-state index in [0.717, 1.165) is 0 Å². The lowest BCUT2D eigenvalue weighted by molar-refractivity contribution is 0.0596. The van der Waals surface area contributed by atoms with Gasteiger partial charge < -0.3 is 20.5 Å². The summed E-state index contributed by atoms with van der Waals surface area (Å²) in [5.74, 6) is -0.0102. The molecule has 0 unspecified atom stereocenters. The summed E-state index contributed by atoms with van der Waals surface area (Å²) in [6.45, 7) is 3.77. The van der Waals surface area contributed by atoms with Gasteiger partial charge in [0, 0.05) is 6.42 Å². The maximum absolute atomic E-state index is 11.7. The third-order valence-corrected chi connectivity index (χ3v) is 3.42. The summed E-state index contributed by atoms with van der Waals surface area (Å²) >= 11 is 0. The number of imidazole rings is 1. The van der Waals surface area contributed by atoms with Crippen LogP contribution in [0.5, 0.6) is 0 Å². The molecule has 8 heteroatoms. The van der Waals surface area contributed by atoms with E-state index in [0.29, 0.717) is 17.6 Å². The number of aromatic nitrogens is 4. The van der Waals surface area contributed by atoms with E-state index >= 15 is 0 Å². The molecule has 0 bridgehead atoms. The Bertz CT molecular complexity index is 719. The molecule has 100 valence electrons. The van der Waals surface area contributed by atoms with E-state index in [1.165, 1.54) is 6.33 Å². The van der Waals surface area contributed by atoms with Crippen molar-refractivity contribution < 1.29 is 10.2 Å². The Morgan fingerprint density at radius 3 is 2.89 bits per heavy atom. The van der Waals surface area contributed by atoms with Crippen LogP contribution >= 0.6 is 0 Å². The first-order chi connectivity index (χ1) is 8.99. The van der Waals surface area contributed by atoms with Crippen LogP contribution in [0.2, 0.25) is 0 Å². The second-order valence-corrected chi connectivity index (χ2v) is 4.61. The number of hydrogen-bond acceptors (Lipinski definition) is 6. The van der Waals surface area contributed by atoms with Crippen molar-refractivity contribution >= 4 is 17.1 Å². The zero-order valence-electron chi connectivity index (χ0n) is 9.95. The molecule has 8 nitrogen and oxygen atoms in total. The molecule has 1 aliphatic carbocycles. The van der Waals surface area contributed by atoms with Gasteiger partial charge in [-0.1, -0.05) is 6.58 Å². The molecule has 3 rings (SSSR count). The van der Waals surface area contributed by atoms with E-state index in [-0.39, 0.29) is 17.5 Å². The topological polar surface area (TPSA) is 130 Å². The highest BCUT2D eigenvalue weighted by molar-refractivity contribution is 5.71. The number of nitrogens with one attached hydrogen (secondary N) is 1. The van der Waals surface area contributed by atoms with Gasteiger partial charge in [0.15, 0.2) is 11.2 Å². The maximum Gasteiger partial charge on any atom is 0.280 e. The minimum Gasteiger partial charge on any atom is -0.390 e. The van der Waals surface area contributed by atoms with Crippen molar-refractivity contribution in [3.05, 3.63) is 28.8 Å². The molecule has 1 saturated carbocycles. The Hall–Kier alpha value is -2.19.